The Labute approximate surface area is 227 Å². The molecule has 2 N–H and O–H groups in total. The number of nitrogens with two attached hydrogens (primary N) is 1. The maximum atomic E-state index is 12.6. The highest BCUT2D eigenvalue weighted by atomic mass is 35.5. The van der Waals surface area contributed by atoms with Gasteiger partial charge in [0, 0.05) is 11.6 Å². The Hall–Kier alpha value is -4.15. The number of unbranched alkanes of at least 4 members (excludes halogenated alkanes) is 3. The molecule has 3 aromatic carbocycles. The van der Waals surface area contributed by atoms with Gasteiger partial charge in [-0.1, -0.05) is 62.1 Å². The Bertz CT molecular complexity index is 1400. The third-order valence-electron chi connectivity index (χ3n) is 6.27. The first-order valence-electron chi connectivity index (χ1n) is 12.5. The van der Waals surface area contributed by atoms with Crippen LogP contribution in [0.2, 0.25) is 5.02 Å². The minimum atomic E-state index is -0.598. The number of nitriles is 1. The lowest BCUT2D eigenvalue weighted by Gasteiger charge is -2.27. The highest BCUT2D eigenvalue weighted by molar-refractivity contribution is 6.33. The van der Waals surface area contributed by atoms with E-state index in [1.54, 1.807) is 49.6 Å². The zero-order valence-electron chi connectivity index (χ0n) is 21.3. The number of fused-ring (bicyclic) bond motifs is 1. The summed E-state index contributed by atoms with van der Waals surface area (Å²) in [6.07, 6.45) is 4.41. The first-order chi connectivity index (χ1) is 18.5. The molecule has 3 aromatic rings. The molecule has 0 aliphatic carbocycles. The van der Waals surface area contributed by atoms with Crippen LogP contribution in [0.3, 0.4) is 0 Å². The third kappa shape index (κ3) is 5.87. The van der Waals surface area contributed by atoms with Gasteiger partial charge >= 0.3 is 5.97 Å². The predicted octanol–water partition coefficient (Wildman–Crippen LogP) is 6.75. The van der Waals surface area contributed by atoms with Crippen molar-refractivity contribution in [3.63, 3.8) is 0 Å². The molecule has 1 atom stereocenters. The summed E-state index contributed by atoms with van der Waals surface area (Å²) in [6.45, 7) is 2.77. The monoisotopic (exact) mass is 532 g/mol. The van der Waals surface area contributed by atoms with Gasteiger partial charge < -0.3 is 24.7 Å². The summed E-state index contributed by atoms with van der Waals surface area (Å²) < 4.78 is 22.8. The zero-order valence-corrected chi connectivity index (χ0v) is 22.1. The van der Waals surface area contributed by atoms with Gasteiger partial charge in [-0.2, -0.15) is 5.26 Å². The lowest BCUT2D eigenvalue weighted by molar-refractivity contribution is 0.0734. The number of methoxy groups -OCH3 is 1. The van der Waals surface area contributed by atoms with Gasteiger partial charge in [-0.05, 0) is 42.3 Å². The van der Waals surface area contributed by atoms with Crippen molar-refractivity contribution in [2.24, 2.45) is 5.73 Å². The first kappa shape index (κ1) is 26.9. The van der Waals surface area contributed by atoms with E-state index in [0.717, 1.165) is 24.8 Å². The van der Waals surface area contributed by atoms with Crippen molar-refractivity contribution in [1.82, 2.24) is 0 Å². The van der Waals surface area contributed by atoms with Gasteiger partial charge in [0.2, 0.25) is 5.88 Å². The average Bonchev–Trinajstić information content (AvgIpc) is 2.92. The Kier molecular flexibility index (Phi) is 8.77. The largest absolute Gasteiger partial charge is 0.493 e. The fourth-order valence-corrected chi connectivity index (χ4v) is 4.54. The molecule has 0 radical (unpaired) electrons. The maximum absolute atomic E-state index is 12.6. The Morgan fingerprint density at radius 1 is 1.08 bits per heavy atom. The number of rotatable bonds is 10. The van der Waals surface area contributed by atoms with Crippen LogP contribution < -0.4 is 24.7 Å². The summed E-state index contributed by atoms with van der Waals surface area (Å²) >= 11 is 6.12. The molecular formula is C30H29ClN2O5. The second-order valence-corrected chi connectivity index (χ2v) is 9.22. The van der Waals surface area contributed by atoms with Crippen LogP contribution in [0.4, 0.5) is 0 Å². The van der Waals surface area contributed by atoms with Gasteiger partial charge in [0.25, 0.3) is 0 Å². The molecule has 1 heterocycles. The van der Waals surface area contributed by atoms with Crippen molar-refractivity contribution >= 4 is 17.6 Å². The Balaban J connectivity index is 1.61. The van der Waals surface area contributed by atoms with E-state index in [1.165, 1.54) is 6.42 Å². The van der Waals surface area contributed by atoms with E-state index in [1.807, 2.05) is 18.2 Å². The number of ether oxygens (including phenoxy) is 4. The number of benzene rings is 3. The molecular weight excluding hydrogens is 504 g/mol. The van der Waals surface area contributed by atoms with Gasteiger partial charge in [-0.15, -0.1) is 0 Å². The molecule has 0 amide bonds. The Morgan fingerprint density at radius 2 is 1.89 bits per heavy atom. The molecule has 38 heavy (non-hydrogen) atoms. The van der Waals surface area contributed by atoms with Crippen molar-refractivity contribution < 1.29 is 23.7 Å². The molecule has 196 valence electrons. The zero-order chi connectivity index (χ0) is 27.1. The molecule has 0 saturated carbocycles. The number of halogens is 1. The first-order valence-corrected chi connectivity index (χ1v) is 12.8. The number of esters is 1. The van der Waals surface area contributed by atoms with Crippen LogP contribution in [0.5, 0.6) is 23.0 Å². The minimum absolute atomic E-state index is 0.0187. The smallest absolute Gasteiger partial charge is 0.345 e. The summed E-state index contributed by atoms with van der Waals surface area (Å²) in [4.78, 5) is 12.6. The van der Waals surface area contributed by atoms with Gasteiger partial charge in [0.15, 0.2) is 11.5 Å². The van der Waals surface area contributed by atoms with Crippen LogP contribution in [0, 0.1) is 11.3 Å². The van der Waals surface area contributed by atoms with E-state index in [4.69, 9.17) is 36.3 Å². The number of carbonyl (C=O) groups is 1. The van der Waals surface area contributed by atoms with Crippen molar-refractivity contribution in [3.8, 4) is 29.1 Å². The van der Waals surface area contributed by atoms with Crippen LogP contribution in [0.25, 0.3) is 0 Å². The average molecular weight is 533 g/mol. The molecule has 4 rings (SSSR count). The number of nitrogens with zero attached hydrogens (tertiary/aromatic N) is 1. The molecule has 1 aliphatic rings. The number of hydrogen-bond donors (Lipinski definition) is 1. The van der Waals surface area contributed by atoms with Crippen molar-refractivity contribution in [3.05, 3.63) is 93.8 Å². The second kappa shape index (κ2) is 12.4. The number of carbonyl (C=O) groups excluding carboxylic acids is 1. The topological polar surface area (TPSA) is 104 Å². The van der Waals surface area contributed by atoms with Gasteiger partial charge in [-0.3, -0.25) is 0 Å². The van der Waals surface area contributed by atoms with Crippen LogP contribution >= 0.6 is 11.6 Å². The molecule has 8 heteroatoms. The molecule has 0 spiro atoms. The van der Waals surface area contributed by atoms with Crippen LogP contribution in [0.1, 0.15) is 60.0 Å². The third-order valence-corrected chi connectivity index (χ3v) is 6.60. The minimum Gasteiger partial charge on any atom is -0.493 e. The summed E-state index contributed by atoms with van der Waals surface area (Å²) in [5.41, 5.74) is 8.15. The number of hydrogen-bond acceptors (Lipinski definition) is 7. The summed E-state index contributed by atoms with van der Waals surface area (Å²) in [7, 11) is 1.58. The predicted molar refractivity (Wildman–Crippen MR) is 145 cm³/mol. The maximum Gasteiger partial charge on any atom is 0.345 e. The molecule has 0 aromatic heterocycles. The van der Waals surface area contributed by atoms with Crippen LogP contribution in [0.15, 0.2) is 72.1 Å². The van der Waals surface area contributed by atoms with E-state index >= 15 is 0 Å². The van der Waals surface area contributed by atoms with E-state index in [-0.39, 0.29) is 22.8 Å². The van der Waals surface area contributed by atoms with E-state index in [9.17, 15) is 10.1 Å². The fraction of sp³-hybridized carbons (Fsp3) is 0.267. The molecule has 0 fully saturated rings. The summed E-state index contributed by atoms with van der Waals surface area (Å²) in [6, 6.07) is 19.4. The molecule has 0 bridgehead atoms. The highest BCUT2D eigenvalue weighted by Gasteiger charge is 2.32. The molecule has 1 unspecified atom stereocenters. The Morgan fingerprint density at radius 3 is 2.63 bits per heavy atom. The second-order valence-electron chi connectivity index (χ2n) is 8.81. The standard InChI is InChI=1S/C30H29ClN2O5/c1-3-4-5-8-15-36-25-14-11-19(16-27(25)35-2)28-22-13-12-20(17-26(22)38-29(33)23(28)18-32)37-30(34)21-9-6-7-10-24(21)31/h6-7,9-14,16-17,28H,3-5,8,15,33H2,1-2H3. The number of allylic oxidation sites excluding steroid dienone is 1. The summed E-state index contributed by atoms with van der Waals surface area (Å²) in [5, 5.41) is 10.2. The van der Waals surface area contributed by atoms with E-state index in [2.05, 4.69) is 13.0 Å². The summed E-state index contributed by atoms with van der Waals surface area (Å²) in [5.74, 6) is 0.708. The van der Waals surface area contributed by atoms with Gasteiger partial charge in [-0.25, -0.2) is 4.79 Å². The van der Waals surface area contributed by atoms with Crippen LogP contribution in [-0.4, -0.2) is 19.7 Å². The highest BCUT2D eigenvalue weighted by Crippen LogP contribution is 2.45. The van der Waals surface area contributed by atoms with Crippen molar-refractivity contribution in [2.45, 2.75) is 38.5 Å². The quantitative estimate of drug-likeness (QED) is 0.175. The molecule has 0 saturated heterocycles. The van der Waals surface area contributed by atoms with Crippen molar-refractivity contribution in [2.75, 3.05) is 13.7 Å². The SMILES string of the molecule is CCCCCCOc1ccc(C2C(C#N)=C(N)Oc3cc(OC(=O)c4ccccc4Cl)ccc32)cc1OC. The fourth-order valence-electron chi connectivity index (χ4n) is 4.32. The van der Waals surface area contributed by atoms with Gasteiger partial charge in [0.05, 0.1) is 30.2 Å². The molecule has 1 aliphatic heterocycles. The van der Waals surface area contributed by atoms with E-state index in [0.29, 0.717) is 34.4 Å². The van der Waals surface area contributed by atoms with Crippen LogP contribution in [-0.2, 0) is 0 Å². The van der Waals surface area contributed by atoms with E-state index < -0.39 is 11.9 Å². The lowest BCUT2D eigenvalue weighted by atomic mass is 9.83. The van der Waals surface area contributed by atoms with Crippen molar-refractivity contribution in [1.29, 1.82) is 5.26 Å². The molecule has 7 nitrogen and oxygen atoms in total. The normalized spacial score (nSPS) is 14.2. The lowest BCUT2D eigenvalue weighted by Crippen LogP contribution is -2.21. The van der Waals surface area contributed by atoms with Gasteiger partial charge in [0.1, 0.15) is 23.1 Å².